The Balaban J connectivity index is 2.06. The van der Waals surface area contributed by atoms with Gasteiger partial charge in [0.25, 0.3) is 0 Å². The smallest absolute Gasteiger partial charge is 0.354 e. The number of benzene rings is 1. The number of pyridine rings is 1. The van der Waals surface area contributed by atoms with Gasteiger partial charge in [-0.1, -0.05) is 12.1 Å². The molecule has 0 radical (unpaired) electrons. The van der Waals surface area contributed by atoms with Crippen molar-refractivity contribution in [1.82, 2.24) is 4.98 Å². The van der Waals surface area contributed by atoms with Gasteiger partial charge in [0.1, 0.15) is 11.9 Å². The number of rotatable bonds is 3. The number of ether oxygens (including phenoxy) is 2. The molecule has 0 amide bonds. The van der Waals surface area contributed by atoms with E-state index >= 15 is 0 Å². The molecular formula is C14H13NO4. The van der Waals surface area contributed by atoms with Crippen molar-refractivity contribution in [3.05, 3.63) is 36.0 Å². The fourth-order valence-corrected chi connectivity index (χ4v) is 2.14. The number of carboxylic acid groups (broad SMARTS) is 1. The Labute approximate surface area is 109 Å². The topological polar surface area (TPSA) is 68.7 Å². The van der Waals surface area contributed by atoms with Crippen LogP contribution in [0.1, 0.15) is 16.9 Å². The van der Waals surface area contributed by atoms with Crippen LogP contribution in [0.4, 0.5) is 0 Å². The molecule has 1 saturated heterocycles. The first kappa shape index (κ1) is 11.9. The standard InChI is InChI=1S/C14H13NO4/c16-14(17)12-7-13(19-9-5-6-18-8-9)10-3-1-2-4-11(10)15-12/h1-4,7,9H,5-6,8H2,(H,16,17). The minimum Gasteiger partial charge on any atom is -0.487 e. The first-order chi connectivity index (χ1) is 9.24. The Morgan fingerprint density at radius 1 is 1.42 bits per heavy atom. The van der Waals surface area contributed by atoms with Crippen LogP contribution in [-0.4, -0.2) is 35.4 Å². The monoisotopic (exact) mass is 259 g/mol. The highest BCUT2D eigenvalue weighted by Gasteiger charge is 2.19. The van der Waals surface area contributed by atoms with Crippen molar-refractivity contribution in [1.29, 1.82) is 0 Å². The van der Waals surface area contributed by atoms with Crippen LogP contribution >= 0.6 is 0 Å². The largest absolute Gasteiger partial charge is 0.487 e. The molecule has 1 aliphatic rings. The zero-order valence-corrected chi connectivity index (χ0v) is 10.2. The van der Waals surface area contributed by atoms with Crippen LogP contribution in [0.2, 0.25) is 0 Å². The highest BCUT2D eigenvalue weighted by Crippen LogP contribution is 2.27. The third-order valence-electron chi connectivity index (χ3n) is 3.08. The molecule has 5 nitrogen and oxygen atoms in total. The van der Waals surface area contributed by atoms with Gasteiger partial charge in [-0.05, 0) is 12.1 Å². The van der Waals surface area contributed by atoms with E-state index < -0.39 is 5.97 Å². The van der Waals surface area contributed by atoms with E-state index in [1.54, 1.807) is 6.07 Å². The molecule has 98 valence electrons. The predicted octanol–water partition coefficient (Wildman–Crippen LogP) is 2.10. The molecule has 19 heavy (non-hydrogen) atoms. The number of aromatic carboxylic acids is 1. The molecule has 2 aromatic rings. The minimum atomic E-state index is -1.06. The maximum Gasteiger partial charge on any atom is 0.354 e. The maximum atomic E-state index is 11.1. The first-order valence-corrected chi connectivity index (χ1v) is 6.11. The number of aromatic nitrogens is 1. The SMILES string of the molecule is O=C(O)c1cc(OC2CCOC2)c2ccccc2n1. The van der Waals surface area contributed by atoms with E-state index in [1.165, 1.54) is 6.07 Å². The Morgan fingerprint density at radius 3 is 3.00 bits per heavy atom. The van der Waals surface area contributed by atoms with Crippen LogP contribution in [-0.2, 0) is 4.74 Å². The summed E-state index contributed by atoms with van der Waals surface area (Å²) in [5.41, 5.74) is 0.615. The Bertz CT molecular complexity index is 620. The number of hydrogen-bond acceptors (Lipinski definition) is 4. The molecule has 3 rings (SSSR count). The van der Waals surface area contributed by atoms with Crippen molar-refractivity contribution >= 4 is 16.9 Å². The number of carbonyl (C=O) groups is 1. The summed E-state index contributed by atoms with van der Waals surface area (Å²) in [7, 11) is 0. The molecule has 0 saturated carbocycles. The van der Waals surface area contributed by atoms with Crippen molar-refractivity contribution in [2.45, 2.75) is 12.5 Å². The summed E-state index contributed by atoms with van der Waals surface area (Å²) in [5.74, 6) is -0.503. The summed E-state index contributed by atoms with van der Waals surface area (Å²) in [6.45, 7) is 1.22. The van der Waals surface area contributed by atoms with Crippen molar-refractivity contribution < 1.29 is 19.4 Å². The minimum absolute atomic E-state index is 0.00684. The highest BCUT2D eigenvalue weighted by atomic mass is 16.5. The molecule has 0 spiro atoms. The quantitative estimate of drug-likeness (QED) is 0.914. The van der Waals surface area contributed by atoms with Gasteiger partial charge in [-0.3, -0.25) is 0 Å². The lowest BCUT2D eigenvalue weighted by Crippen LogP contribution is -2.16. The van der Waals surface area contributed by atoms with Gasteiger partial charge >= 0.3 is 5.97 Å². The molecular weight excluding hydrogens is 246 g/mol. The van der Waals surface area contributed by atoms with Crippen LogP contribution in [0.15, 0.2) is 30.3 Å². The zero-order valence-electron chi connectivity index (χ0n) is 10.2. The van der Waals surface area contributed by atoms with E-state index in [9.17, 15) is 4.79 Å². The van der Waals surface area contributed by atoms with Gasteiger partial charge in [0.05, 0.1) is 18.7 Å². The molecule has 1 fully saturated rings. The summed E-state index contributed by atoms with van der Waals surface area (Å²) in [6, 6.07) is 8.83. The molecule has 1 atom stereocenters. The van der Waals surface area contributed by atoms with E-state index in [4.69, 9.17) is 14.6 Å². The second-order valence-electron chi connectivity index (χ2n) is 4.43. The van der Waals surface area contributed by atoms with Gasteiger partial charge in [0.2, 0.25) is 0 Å². The van der Waals surface area contributed by atoms with Crippen molar-refractivity contribution in [2.75, 3.05) is 13.2 Å². The van der Waals surface area contributed by atoms with Crippen LogP contribution in [0.3, 0.4) is 0 Å². The summed E-state index contributed by atoms with van der Waals surface area (Å²) in [6.07, 6.45) is 0.798. The molecule has 1 aromatic heterocycles. The van der Waals surface area contributed by atoms with Crippen LogP contribution in [0.25, 0.3) is 10.9 Å². The van der Waals surface area contributed by atoms with Gasteiger partial charge in [-0.2, -0.15) is 0 Å². The van der Waals surface area contributed by atoms with Gasteiger partial charge in [-0.25, -0.2) is 9.78 Å². The Hall–Kier alpha value is -2.14. The normalized spacial score (nSPS) is 18.6. The number of nitrogens with zero attached hydrogens (tertiary/aromatic N) is 1. The van der Waals surface area contributed by atoms with Crippen molar-refractivity contribution in [2.24, 2.45) is 0 Å². The second-order valence-corrected chi connectivity index (χ2v) is 4.43. The molecule has 1 unspecified atom stereocenters. The Kier molecular flexibility index (Phi) is 3.05. The molecule has 5 heteroatoms. The molecule has 1 N–H and O–H groups in total. The summed E-state index contributed by atoms with van der Waals surface area (Å²) in [4.78, 5) is 15.2. The van der Waals surface area contributed by atoms with E-state index in [-0.39, 0.29) is 11.8 Å². The molecule has 0 aliphatic carbocycles. The average molecular weight is 259 g/mol. The predicted molar refractivity (Wildman–Crippen MR) is 68.6 cm³/mol. The maximum absolute atomic E-state index is 11.1. The second kappa shape index (κ2) is 4.85. The van der Waals surface area contributed by atoms with Crippen LogP contribution in [0, 0.1) is 0 Å². The lowest BCUT2D eigenvalue weighted by Gasteiger charge is -2.14. The van der Waals surface area contributed by atoms with Crippen molar-refractivity contribution in [3.63, 3.8) is 0 Å². The lowest BCUT2D eigenvalue weighted by molar-refractivity contribution is 0.0690. The lowest BCUT2D eigenvalue weighted by atomic mass is 10.1. The zero-order chi connectivity index (χ0) is 13.2. The van der Waals surface area contributed by atoms with E-state index in [0.29, 0.717) is 24.5 Å². The number of hydrogen-bond donors (Lipinski definition) is 1. The van der Waals surface area contributed by atoms with Crippen LogP contribution < -0.4 is 4.74 Å². The van der Waals surface area contributed by atoms with Crippen molar-refractivity contribution in [3.8, 4) is 5.75 Å². The Morgan fingerprint density at radius 2 is 2.26 bits per heavy atom. The van der Waals surface area contributed by atoms with Gasteiger partial charge < -0.3 is 14.6 Å². The van der Waals surface area contributed by atoms with E-state index in [2.05, 4.69) is 4.98 Å². The summed E-state index contributed by atoms with van der Waals surface area (Å²) in [5, 5.41) is 9.91. The number of fused-ring (bicyclic) bond motifs is 1. The van der Waals surface area contributed by atoms with Gasteiger partial charge in [0.15, 0.2) is 5.69 Å². The van der Waals surface area contributed by atoms with E-state index in [0.717, 1.165) is 11.8 Å². The third-order valence-corrected chi connectivity index (χ3v) is 3.08. The third kappa shape index (κ3) is 2.37. The van der Waals surface area contributed by atoms with Gasteiger partial charge in [0, 0.05) is 17.9 Å². The number of carboxylic acids is 1. The average Bonchev–Trinajstić information content (AvgIpc) is 2.91. The fraction of sp³-hybridized carbons (Fsp3) is 0.286. The van der Waals surface area contributed by atoms with E-state index in [1.807, 2.05) is 18.2 Å². The molecule has 1 aliphatic heterocycles. The summed E-state index contributed by atoms with van der Waals surface area (Å²) < 4.78 is 11.1. The van der Waals surface area contributed by atoms with Crippen LogP contribution in [0.5, 0.6) is 5.75 Å². The highest BCUT2D eigenvalue weighted by molar-refractivity contribution is 5.93. The molecule has 1 aromatic carbocycles. The first-order valence-electron chi connectivity index (χ1n) is 6.11. The number of para-hydroxylation sites is 1. The summed E-state index contributed by atoms with van der Waals surface area (Å²) >= 11 is 0. The molecule has 2 heterocycles. The van der Waals surface area contributed by atoms with Gasteiger partial charge in [-0.15, -0.1) is 0 Å². The molecule has 0 bridgehead atoms. The fourth-order valence-electron chi connectivity index (χ4n) is 2.14.